The first-order valence-corrected chi connectivity index (χ1v) is 9.69. The molecule has 1 saturated carbocycles. The second kappa shape index (κ2) is 7.31. The van der Waals surface area contributed by atoms with Gasteiger partial charge in [-0.05, 0) is 37.3 Å². The molecule has 1 aliphatic heterocycles. The van der Waals surface area contributed by atoms with Crippen LogP contribution in [-0.2, 0) is 21.5 Å². The van der Waals surface area contributed by atoms with Crippen molar-refractivity contribution in [2.75, 3.05) is 7.11 Å². The van der Waals surface area contributed by atoms with Crippen molar-refractivity contribution < 1.29 is 31.5 Å². The number of benzene rings is 1. The Morgan fingerprint density at radius 1 is 1.23 bits per heavy atom. The molecule has 2 aliphatic rings. The minimum absolute atomic E-state index is 0.0203. The summed E-state index contributed by atoms with van der Waals surface area (Å²) in [4.78, 5) is 11.9. The average molecular weight is 429 g/mol. The lowest BCUT2D eigenvalue weighted by Crippen LogP contribution is -2.32. The molecule has 10 heteroatoms. The van der Waals surface area contributed by atoms with Crippen molar-refractivity contribution in [3.8, 4) is 0 Å². The Balaban J connectivity index is 1.78. The molecule has 0 N–H and O–H groups in total. The molecule has 0 unspecified atom stereocenters. The van der Waals surface area contributed by atoms with Gasteiger partial charge in [0.15, 0.2) is 11.6 Å². The topological polar surface area (TPSA) is 57.0 Å². The fraction of sp³-hybridized carbons (Fsp3) is 0.550. The molecule has 2 aromatic rings. The number of alkyl halides is 3. The van der Waals surface area contributed by atoms with Crippen LogP contribution < -0.4 is 0 Å². The van der Waals surface area contributed by atoms with Crippen LogP contribution in [0.15, 0.2) is 18.2 Å². The SMILES string of the molecule is COC(=O)C[C@H]1CC[C@H](c2cccc(F)c2F)Cn2c1nnc2C1(C(F)(F)F)CC1. The highest BCUT2D eigenvalue weighted by Crippen LogP contribution is 2.59. The average Bonchev–Trinajstić information content (AvgIpc) is 3.44. The van der Waals surface area contributed by atoms with Crippen LogP contribution in [0.25, 0.3) is 0 Å². The van der Waals surface area contributed by atoms with Gasteiger partial charge in [0.2, 0.25) is 0 Å². The number of halogens is 5. The molecule has 0 amide bonds. The molecule has 4 rings (SSSR count). The fourth-order valence-corrected chi connectivity index (χ4v) is 4.32. The summed E-state index contributed by atoms with van der Waals surface area (Å²) in [5.41, 5.74) is -1.99. The Kier molecular flexibility index (Phi) is 5.06. The molecule has 1 fully saturated rings. The number of hydrogen-bond donors (Lipinski definition) is 0. The maximum absolute atomic E-state index is 14.4. The van der Waals surface area contributed by atoms with E-state index in [-0.39, 0.29) is 43.0 Å². The fourth-order valence-electron chi connectivity index (χ4n) is 4.32. The lowest BCUT2D eigenvalue weighted by atomic mass is 9.90. The van der Waals surface area contributed by atoms with Crippen LogP contribution in [-0.4, -0.2) is 34.0 Å². The Bertz CT molecular complexity index is 968. The summed E-state index contributed by atoms with van der Waals surface area (Å²) >= 11 is 0. The molecule has 0 spiro atoms. The largest absolute Gasteiger partial charge is 0.469 e. The molecule has 2 heterocycles. The molecule has 2 atom stereocenters. The van der Waals surface area contributed by atoms with Gasteiger partial charge in [0.25, 0.3) is 0 Å². The highest BCUT2D eigenvalue weighted by molar-refractivity contribution is 5.70. The van der Waals surface area contributed by atoms with Gasteiger partial charge in [0.1, 0.15) is 17.1 Å². The Labute approximate surface area is 169 Å². The second-order valence-corrected chi connectivity index (χ2v) is 7.97. The number of carbonyl (C=O) groups excluding carboxylic acids is 1. The number of methoxy groups -OCH3 is 1. The number of rotatable bonds is 4. The third kappa shape index (κ3) is 3.35. The molecule has 0 radical (unpaired) electrons. The normalized spacial score (nSPS) is 22.9. The van der Waals surface area contributed by atoms with Crippen molar-refractivity contribution in [1.82, 2.24) is 14.8 Å². The van der Waals surface area contributed by atoms with E-state index in [1.165, 1.54) is 23.8 Å². The van der Waals surface area contributed by atoms with Gasteiger partial charge >= 0.3 is 12.1 Å². The Morgan fingerprint density at radius 2 is 1.97 bits per heavy atom. The first-order chi connectivity index (χ1) is 14.2. The minimum Gasteiger partial charge on any atom is -0.469 e. The van der Waals surface area contributed by atoms with Crippen LogP contribution in [0.3, 0.4) is 0 Å². The molecule has 162 valence electrons. The van der Waals surface area contributed by atoms with Gasteiger partial charge in [-0.3, -0.25) is 4.79 Å². The summed E-state index contributed by atoms with van der Waals surface area (Å²) in [5, 5.41) is 7.88. The predicted molar refractivity (Wildman–Crippen MR) is 94.7 cm³/mol. The number of esters is 1. The summed E-state index contributed by atoms with van der Waals surface area (Å²) in [5.74, 6) is -3.62. The Hall–Kier alpha value is -2.52. The molecule has 30 heavy (non-hydrogen) atoms. The van der Waals surface area contributed by atoms with E-state index in [9.17, 15) is 26.7 Å². The minimum atomic E-state index is -4.50. The molecule has 1 aromatic carbocycles. The van der Waals surface area contributed by atoms with Crippen molar-refractivity contribution in [3.63, 3.8) is 0 Å². The van der Waals surface area contributed by atoms with Crippen LogP contribution in [0.5, 0.6) is 0 Å². The van der Waals surface area contributed by atoms with Crippen LogP contribution >= 0.6 is 0 Å². The third-order valence-corrected chi connectivity index (χ3v) is 6.19. The van der Waals surface area contributed by atoms with Crippen molar-refractivity contribution in [3.05, 3.63) is 47.0 Å². The zero-order chi connectivity index (χ0) is 21.7. The number of ether oxygens (including phenoxy) is 1. The summed E-state index contributed by atoms with van der Waals surface area (Å²) in [7, 11) is 1.23. The first kappa shape index (κ1) is 20.7. The predicted octanol–water partition coefficient (Wildman–Crippen LogP) is 4.37. The lowest BCUT2D eigenvalue weighted by Gasteiger charge is -2.22. The first-order valence-electron chi connectivity index (χ1n) is 9.69. The molecule has 1 aromatic heterocycles. The zero-order valence-electron chi connectivity index (χ0n) is 16.2. The van der Waals surface area contributed by atoms with Crippen LogP contribution in [0.2, 0.25) is 0 Å². The van der Waals surface area contributed by atoms with Gasteiger partial charge in [-0.15, -0.1) is 10.2 Å². The molecule has 0 saturated heterocycles. The van der Waals surface area contributed by atoms with Crippen LogP contribution in [0, 0.1) is 11.6 Å². The smallest absolute Gasteiger partial charge is 0.401 e. The summed E-state index contributed by atoms with van der Waals surface area (Å²) in [6, 6.07) is 3.80. The molecule has 5 nitrogen and oxygen atoms in total. The van der Waals surface area contributed by atoms with E-state index in [1.807, 2.05) is 0 Å². The van der Waals surface area contributed by atoms with Crippen molar-refractivity contribution >= 4 is 5.97 Å². The van der Waals surface area contributed by atoms with Gasteiger partial charge in [0, 0.05) is 18.4 Å². The Morgan fingerprint density at radius 3 is 2.60 bits per heavy atom. The monoisotopic (exact) mass is 429 g/mol. The summed E-state index contributed by atoms with van der Waals surface area (Å²) in [6.07, 6.45) is -4.08. The van der Waals surface area contributed by atoms with E-state index in [0.29, 0.717) is 12.8 Å². The van der Waals surface area contributed by atoms with Crippen molar-refractivity contribution in [1.29, 1.82) is 0 Å². The van der Waals surface area contributed by atoms with E-state index < -0.39 is 41.0 Å². The molecule has 0 bridgehead atoms. The molecular formula is C20H20F5N3O2. The van der Waals surface area contributed by atoms with Gasteiger partial charge in [-0.25, -0.2) is 8.78 Å². The maximum Gasteiger partial charge on any atom is 0.401 e. The summed E-state index contributed by atoms with van der Waals surface area (Å²) in [6.45, 7) is -0.0203. The molecule has 1 aliphatic carbocycles. The van der Waals surface area contributed by atoms with E-state index in [1.54, 1.807) is 0 Å². The highest BCUT2D eigenvalue weighted by Gasteiger charge is 2.67. The highest BCUT2D eigenvalue weighted by atomic mass is 19.4. The van der Waals surface area contributed by atoms with Gasteiger partial charge in [-0.1, -0.05) is 12.1 Å². The quantitative estimate of drug-likeness (QED) is 0.535. The number of aromatic nitrogens is 3. The summed E-state index contributed by atoms with van der Waals surface area (Å²) < 4.78 is 75.6. The van der Waals surface area contributed by atoms with Gasteiger partial charge < -0.3 is 9.30 Å². The third-order valence-electron chi connectivity index (χ3n) is 6.19. The van der Waals surface area contributed by atoms with E-state index in [4.69, 9.17) is 4.74 Å². The zero-order valence-corrected chi connectivity index (χ0v) is 16.2. The van der Waals surface area contributed by atoms with Crippen LogP contribution in [0.4, 0.5) is 22.0 Å². The van der Waals surface area contributed by atoms with Crippen molar-refractivity contribution in [2.24, 2.45) is 0 Å². The van der Waals surface area contributed by atoms with E-state index >= 15 is 0 Å². The van der Waals surface area contributed by atoms with Gasteiger partial charge in [0.05, 0.1) is 13.5 Å². The number of nitrogens with zero attached hydrogens (tertiary/aromatic N) is 3. The number of hydrogen-bond acceptors (Lipinski definition) is 4. The van der Waals surface area contributed by atoms with E-state index in [0.717, 1.165) is 6.07 Å². The van der Waals surface area contributed by atoms with Crippen molar-refractivity contribution in [2.45, 2.75) is 62.1 Å². The maximum atomic E-state index is 14.4. The standard InChI is InChI=1S/C20H20F5N3O2/c1-30-15(29)9-11-5-6-12(13-3-2-4-14(21)16(13)22)10-28-17(11)26-27-18(28)19(7-8-19)20(23,24)25/h2-4,11-12H,5-10H2,1H3/t11-,12+/m1/s1. The second-order valence-electron chi connectivity index (χ2n) is 7.97. The molecular weight excluding hydrogens is 409 g/mol. The lowest BCUT2D eigenvalue weighted by molar-refractivity contribution is -0.163. The van der Waals surface area contributed by atoms with E-state index in [2.05, 4.69) is 10.2 Å². The number of fused-ring (bicyclic) bond motifs is 1. The van der Waals surface area contributed by atoms with Gasteiger partial charge in [-0.2, -0.15) is 13.2 Å². The van der Waals surface area contributed by atoms with Crippen LogP contribution in [0.1, 0.15) is 61.2 Å². The number of carbonyl (C=O) groups is 1.